The van der Waals surface area contributed by atoms with Gasteiger partial charge in [0.2, 0.25) is 0 Å². The van der Waals surface area contributed by atoms with Crippen molar-refractivity contribution >= 4 is 35.6 Å². The maximum absolute atomic E-state index is 5.85. The third kappa shape index (κ3) is 2.19. The van der Waals surface area contributed by atoms with Gasteiger partial charge in [-0.05, 0) is 0 Å². The van der Waals surface area contributed by atoms with E-state index in [4.69, 9.17) is 23.2 Å². The Morgan fingerprint density at radius 1 is 1.00 bits per heavy atom. The zero-order valence-corrected chi connectivity index (χ0v) is 10.1. The van der Waals surface area contributed by atoms with Crippen molar-refractivity contribution in [1.82, 2.24) is 0 Å². The molecule has 0 nitrogen and oxygen atoms in total. The van der Waals surface area contributed by atoms with E-state index in [-0.39, 0.29) is 4.84 Å². The van der Waals surface area contributed by atoms with Gasteiger partial charge in [-0.2, -0.15) is 0 Å². The number of hydrogen-bond donors (Lipinski definition) is 0. The molecular formula is C10H15BCl2. The van der Waals surface area contributed by atoms with E-state index in [0.717, 1.165) is 5.46 Å². The van der Waals surface area contributed by atoms with Gasteiger partial charge in [-0.25, -0.2) is 0 Å². The van der Waals surface area contributed by atoms with E-state index in [1.807, 2.05) is 0 Å². The molecule has 0 amide bonds. The van der Waals surface area contributed by atoms with Crippen molar-refractivity contribution in [2.75, 3.05) is 0 Å². The summed E-state index contributed by atoms with van der Waals surface area (Å²) >= 11 is 11.7. The van der Waals surface area contributed by atoms with Gasteiger partial charge < -0.3 is 0 Å². The van der Waals surface area contributed by atoms with Gasteiger partial charge in [-0.1, -0.05) is 0 Å². The van der Waals surface area contributed by atoms with Gasteiger partial charge >= 0.3 is 91.0 Å². The second-order valence-electron chi connectivity index (χ2n) is 4.08. The molecule has 0 saturated carbocycles. The van der Waals surface area contributed by atoms with Crippen LogP contribution in [0, 0.1) is 11.8 Å². The monoisotopic (exact) mass is 216 g/mol. The number of allylic oxidation sites excluding steroid dienone is 2. The van der Waals surface area contributed by atoms with E-state index in [1.54, 1.807) is 0 Å². The first-order valence-electron chi connectivity index (χ1n) is 4.69. The van der Waals surface area contributed by atoms with Crippen LogP contribution in [0.1, 0.15) is 27.7 Å². The molecule has 0 aromatic carbocycles. The average Bonchev–Trinajstić information content (AvgIpc) is 1.79. The van der Waals surface area contributed by atoms with Crippen molar-refractivity contribution in [2.45, 2.75) is 32.5 Å². The molecule has 72 valence electrons. The van der Waals surface area contributed by atoms with E-state index in [0.29, 0.717) is 11.8 Å². The first kappa shape index (κ1) is 11.3. The van der Waals surface area contributed by atoms with E-state index in [9.17, 15) is 0 Å². The molecule has 0 aromatic rings. The van der Waals surface area contributed by atoms with Crippen LogP contribution in [0.3, 0.4) is 0 Å². The van der Waals surface area contributed by atoms with Crippen LogP contribution in [0.5, 0.6) is 0 Å². The molecule has 13 heavy (non-hydrogen) atoms. The van der Waals surface area contributed by atoms with Crippen molar-refractivity contribution in [3.63, 3.8) is 0 Å². The second kappa shape index (κ2) is 4.19. The minimum atomic E-state index is -0.361. The summed E-state index contributed by atoms with van der Waals surface area (Å²) in [5, 5.41) is 0. The Balaban J connectivity index is 2.85. The van der Waals surface area contributed by atoms with Crippen LogP contribution in [-0.4, -0.2) is 17.2 Å². The summed E-state index contributed by atoms with van der Waals surface area (Å²) in [5.74, 6) is 1.10. The number of hydrogen-bond acceptors (Lipinski definition) is 0. The van der Waals surface area contributed by atoms with E-state index < -0.39 is 0 Å². The predicted octanol–water partition coefficient (Wildman–Crippen LogP) is 3.25. The van der Waals surface area contributed by atoms with Crippen LogP contribution in [0.15, 0.2) is 11.0 Å². The molecule has 0 aromatic heterocycles. The second-order valence-corrected chi connectivity index (χ2v) is 5.18. The normalized spacial score (nSPS) is 16.5. The van der Waals surface area contributed by atoms with Crippen molar-refractivity contribution in [2.24, 2.45) is 11.8 Å². The number of alkyl halides is 2. The first-order chi connectivity index (χ1) is 5.95. The fourth-order valence-corrected chi connectivity index (χ4v) is 2.10. The van der Waals surface area contributed by atoms with E-state index >= 15 is 0 Å². The SMILES string of the molecule is CC(C)C1=C(C(C)C)C(C(Cl)Cl)=B1. The van der Waals surface area contributed by atoms with Crippen LogP contribution in [0.25, 0.3) is 0 Å². The Morgan fingerprint density at radius 2 is 1.54 bits per heavy atom. The Bertz CT molecular complexity index is 262. The molecule has 0 fully saturated rings. The standard InChI is InChI=1S/C10H15BCl2/c1-5(2)7-8(6(3)4)11-9(7)10(12)13/h5-6,10H,1-4H3. The van der Waals surface area contributed by atoms with Crippen molar-refractivity contribution in [3.05, 3.63) is 11.0 Å². The molecule has 0 atom stereocenters. The maximum atomic E-state index is 5.85. The fourth-order valence-electron chi connectivity index (χ4n) is 1.74. The Morgan fingerprint density at radius 3 is 1.85 bits per heavy atom. The van der Waals surface area contributed by atoms with Gasteiger partial charge in [-0.15, -0.1) is 0 Å². The van der Waals surface area contributed by atoms with E-state index in [2.05, 4.69) is 34.6 Å². The predicted molar refractivity (Wildman–Crippen MR) is 63.0 cm³/mol. The Labute approximate surface area is 91.2 Å². The molecule has 0 radical (unpaired) electrons. The molecule has 1 aliphatic rings. The minimum absolute atomic E-state index is 0.361. The van der Waals surface area contributed by atoms with Crippen LogP contribution in [-0.2, 0) is 0 Å². The zero-order valence-electron chi connectivity index (χ0n) is 8.57. The summed E-state index contributed by atoms with van der Waals surface area (Å²) in [5.41, 5.74) is 3.89. The Kier molecular flexibility index (Phi) is 3.65. The third-order valence-electron chi connectivity index (χ3n) is 2.37. The number of halogens is 2. The summed E-state index contributed by atoms with van der Waals surface area (Å²) in [6.07, 6.45) is 0. The average molecular weight is 217 g/mol. The Hall–Kier alpha value is 0.255. The topological polar surface area (TPSA) is 0 Å². The molecular weight excluding hydrogens is 202 g/mol. The van der Waals surface area contributed by atoms with Crippen LogP contribution in [0.4, 0.5) is 0 Å². The third-order valence-corrected chi connectivity index (χ3v) is 2.84. The van der Waals surface area contributed by atoms with Gasteiger partial charge in [-0.3, -0.25) is 0 Å². The first-order valence-corrected chi connectivity index (χ1v) is 5.56. The van der Waals surface area contributed by atoms with E-state index in [1.165, 1.54) is 11.0 Å². The molecule has 0 saturated heterocycles. The molecule has 3 heteroatoms. The molecule has 0 spiro atoms. The quantitative estimate of drug-likeness (QED) is 0.502. The summed E-state index contributed by atoms with van der Waals surface area (Å²) in [4.78, 5) is -0.361. The molecule has 0 unspecified atom stereocenters. The summed E-state index contributed by atoms with van der Waals surface area (Å²) in [7, 11) is 0. The number of rotatable bonds is 3. The molecule has 1 heterocycles. The summed E-state index contributed by atoms with van der Waals surface area (Å²) in [6.45, 7) is 10.9. The summed E-state index contributed by atoms with van der Waals surface area (Å²) in [6, 6.07) is 0. The van der Waals surface area contributed by atoms with Gasteiger partial charge in [0.15, 0.2) is 0 Å². The molecule has 1 rings (SSSR count). The zero-order chi connectivity index (χ0) is 10.2. The van der Waals surface area contributed by atoms with Crippen molar-refractivity contribution < 1.29 is 0 Å². The van der Waals surface area contributed by atoms with Crippen molar-refractivity contribution in [1.29, 1.82) is 0 Å². The molecule has 0 bridgehead atoms. The van der Waals surface area contributed by atoms with Crippen molar-refractivity contribution in [3.8, 4) is 0 Å². The molecule has 1 aliphatic heterocycles. The molecule has 0 aliphatic carbocycles. The van der Waals surface area contributed by atoms with Crippen LogP contribution >= 0.6 is 23.2 Å². The van der Waals surface area contributed by atoms with Gasteiger partial charge in [0.1, 0.15) is 0 Å². The van der Waals surface area contributed by atoms with Gasteiger partial charge in [0, 0.05) is 0 Å². The van der Waals surface area contributed by atoms with Gasteiger partial charge in [0.25, 0.3) is 0 Å². The fraction of sp³-hybridized carbons (Fsp3) is 0.700. The summed E-state index contributed by atoms with van der Waals surface area (Å²) < 4.78 is 0. The van der Waals surface area contributed by atoms with Gasteiger partial charge in [0.05, 0.1) is 0 Å². The molecule has 0 N–H and O–H groups in total. The van der Waals surface area contributed by atoms with Crippen LogP contribution < -0.4 is 0 Å². The van der Waals surface area contributed by atoms with Crippen LogP contribution in [0.2, 0.25) is 0 Å².